The van der Waals surface area contributed by atoms with E-state index in [2.05, 4.69) is 0 Å². The number of nitrogens with zero attached hydrogens (tertiary/aromatic N) is 1. The first-order chi connectivity index (χ1) is 5.66. The van der Waals surface area contributed by atoms with Crippen molar-refractivity contribution in [1.29, 1.82) is 5.26 Å². The van der Waals surface area contributed by atoms with Gasteiger partial charge in [0.05, 0.1) is 22.9 Å². The zero-order valence-electron chi connectivity index (χ0n) is 6.27. The van der Waals surface area contributed by atoms with Gasteiger partial charge in [0.1, 0.15) is 0 Å². The molecule has 0 atom stereocenters. The highest BCUT2D eigenvalue weighted by atomic mass is 35.5. The van der Waals surface area contributed by atoms with Crippen molar-refractivity contribution in [3.05, 3.63) is 28.7 Å². The minimum atomic E-state index is 0.203. The largest absolute Gasteiger partial charge is 0.452 e. The van der Waals surface area contributed by atoms with Gasteiger partial charge in [-0.1, -0.05) is 11.6 Å². The van der Waals surface area contributed by atoms with Gasteiger partial charge in [-0.05, 0) is 24.6 Å². The van der Waals surface area contributed by atoms with Crippen LogP contribution in [-0.4, -0.2) is 0 Å². The van der Waals surface area contributed by atoms with Crippen molar-refractivity contribution < 1.29 is 4.42 Å². The average Bonchev–Trinajstić information content (AvgIpc) is 2.48. The summed E-state index contributed by atoms with van der Waals surface area (Å²) in [7, 11) is 0. The molecule has 0 unspecified atom stereocenters. The van der Waals surface area contributed by atoms with Crippen molar-refractivity contribution in [2.45, 2.75) is 6.92 Å². The molecule has 2 nitrogen and oxygen atoms in total. The first-order valence-corrected chi connectivity index (χ1v) is 3.92. The zero-order chi connectivity index (χ0) is 9.14. The quantitative estimate of drug-likeness (QED) is 0.654. The van der Waals surface area contributed by atoms with E-state index in [4.69, 9.17) is 32.9 Å². The molecule has 0 bridgehead atoms. The van der Waals surface area contributed by atoms with E-state index in [-0.39, 0.29) is 5.22 Å². The molecular weight excluding hydrogens is 197 g/mol. The molecule has 4 heteroatoms. The van der Waals surface area contributed by atoms with Gasteiger partial charge in [0.2, 0.25) is 5.22 Å². The molecule has 0 aromatic carbocycles. The molecule has 1 heterocycles. The van der Waals surface area contributed by atoms with Crippen molar-refractivity contribution in [1.82, 2.24) is 0 Å². The molecule has 0 fully saturated rings. The summed E-state index contributed by atoms with van der Waals surface area (Å²) < 4.78 is 4.82. The number of nitriles is 1. The molecule has 0 N–H and O–H groups in total. The van der Waals surface area contributed by atoms with Crippen LogP contribution in [0.4, 0.5) is 0 Å². The smallest absolute Gasteiger partial charge is 0.201 e. The van der Waals surface area contributed by atoms with Crippen LogP contribution in [0.15, 0.2) is 22.3 Å². The number of furan rings is 1. The van der Waals surface area contributed by atoms with E-state index < -0.39 is 0 Å². The van der Waals surface area contributed by atoms with Crippen molar-refractivity contribution in [2.24, 2.45) is 0 Å². The Morgan fingerprint density at radius 3 is 2.75 bits per heavy atom. The van der Waals surface area contributed by atoms with E-state index in [1.807, 2.05) is 6.07 Å². The first kappa shape index (κ1) is 9.18. The molecule has 0 amide bonds. The summed E-state index contributed by atoms with van der Waals surface area (Å²) in [5.41, 5.74) is 0.970. The molecule has 0 aliphatic carbocycles. The molecule has 1 aromatic heterocycles. The van der Waals surface area contributed by atoms with Gasteiger partial charge in [-0.2, -0.15) is 5.26 Å². The lowest BCUT2D eigenvalue weighted by Crippen LogP contribution is -1.77. The highest BCUT2D eigenvalue weighted by molar-refractivity contribution is 6.51. The fourth-order valence-corrected chi connectivity index (χ4v) is 1.15. The predicted octanol–water partition coefficient (Wildman–Crippen LogP) is 3.43. The summed E-state index contributed by atoms with van der Waals surface area (Å²) in [6.07, 6.45) is 1.42. The lowest BCUT2D eigenvalue weighted by Gasteiger charge is -1.94. The summed E-state index contributed by atoms with van der Waals surface area (Å²) in [4.78, 5) is 0. The molecule has 0 aliphatic rings. The Labute approximate surface area is 80.0 Å². The Balaban J connectivity index is 3.18. The molecular formula is C8H5Cl2NO. The van der Waals surface area contributed by atoms with Crippen LogP contribution in [-0.2, 0) is 0 Å². The van der Waals surface area contributed by atoms with Gasteiger partial charge in [0.25, 0.3) is 0 Å². The third-order valence-corrected chi connectivity index (χ3v) is 2.13. The Morgan fingerprint density at radius 2 is 2.33 bits per heavy atom. The molecule has 0 saturated carbocycles. The van der Waals surface area contributed by atoms with E-state index in [1.165, 1.54) is 6.26 Å². The normalized spacial score (nSPS) is 12.2. The molecule has 0 radical (unpaired) electrons. The van der Waals surface area contributed by atoms with Gasteiger partial charge in [-0.3, -0.25) is 0 Å². The maximum Gasteiger partial charge on any atom is 0.201 e. The SMILES string of the molecule is C/C(C#N)=C(/Cl)c1ccoc1Cl. The number of hydrogen-bond acceptors (Lipinski definition) is 2. The Morgan fingerprint density at radius 1 is 1.67 bits per heavy atom. The fraction of sp³-hybridized carbons (Fsp3) is 0.125. The standard InChI is InChI=1S/C8H5Cl2NO/c1-5(4-11)7(9)6-2-3-12-8(6)10/h2-3H,1H3/b7-5-. The third kappa shape index (κ3) is 1.63. The van der Waals surface area contributed by atoms with Crippen molar-refractivity contribution >= 4 is 28.2 Å². The zero-order valence-corrected chi connectivity index (χ0v) is 7.78. The van der Waals surface area contributed by atoms with Gasteiger partial charge in [0, 0.05) is 5.57 Å². The van der Waals surface area contributed by atoms with E-state index in [0.717, 1.165) is 0 Å². The maximum absolute atomic E-state index is 8.53. The minimum Gasteiger partial charge on any atom is -0.452 e. The molecule has 1 rings (SSSR count). The number of rotatable bonds is 1. The van der Waals surface area contributed by atoms with Crippen LogP contribution in [0.2, 0.25) is 5.22 Å². The van der Waals surface area contributed by atoms with Gasteiger partial charge < -0.3 is 4.42 Å². The van der Waals surface area contributed by atoms with Crippen LogP contribution in [0, 0.1) is 11.3 Å². The van der Waals surface area contributed by atoms with Crippen LogP contribution in [0.3, 0.4) is 0 Å². The van der Waals surface area contributed by atoms with E-state index in [9.17, 15) is 0 Å². The van der Waals surface area contributed by atoms with Crippen molar-refractivity contribution in [3.63, 3.8) is 0 Å². The Bertz CT molecular complexity index is 359. The highest BCUT2D eigenvalue weighted by Crippen LogP contribution is 2.29. The van der Waals surface area contributed by atoms with Crippen molar-refractivity contribution in [2.75, 3.05) is 0 Å². The Hall–Kier alpha value is -0.910. The summed E-state index contributed by atoms with van der Waals surface area (Å²) >= 11 is 11.5. The summed E-state index contributed by atoms with van der Waals surface area (Å²) in [5, 5.41) is 9.06. The molecule has 0 spiro atoms. The van der Waals surface area contributed by atoms with E-state index in [0.29, 0.717) is 16.2 Å². The minimum absolute atomic E-state index is 0.203. The van der Waals surface area contributed by atoms with E-state index >= 15 is 0 Å². The highest BCUT2D eigenvalue weighted by Gasteiger charge is 2.09. The van der Waals surface area contributed by atoms with Crippen LogP contribution in [0.25, 0.3) is 5.03 Å². The lowest BCUT2D eigenvalue weighted by molar-refractivity contribution is 0.569. The second-order valence-electron chi connectivity index (χ2n) is 2.16. The summed E-state index contributed by atoms with van der Waals surface area (Å²) in [6, 6.07) is 3.54. The van der Waals surface area contributed by atoms with Crippen molar-refractivity contribution in [3.8, 4) is 6.07 Å². The van der Waals surface area contributed by atoms with E-state index in [1.54, 1.807) is 13.0 Å². The second kappa shape index (κ2) is 3.66. The van der Waals surface area contributed by atoms with Crippen LogP contribution in [0.5, 0.6) is 0 Å². The number of halogens is 2. The van der Waals surface area contributed by atoms with Crippen LogP contribution < -0.4 is 0 Å². The Kier molecular flexibility index (Phi) is 2.80. The fourth-order valence-electron chi connectivity index (χ4n) is 0.701. The monoisotopic (exact) mass is 201 g/mol. The van der Waals surface area contributed by atoms with Gasteiger partial charge in [0.15, 0.2) is 0 Å². The van der Waals surface area contributed by atoms with Gasteiger partial charge in [-0.25, -0.2) is 0 Å². The average molecular weight is 202 g/mol. The topological polar surface area (TPSA) is 36.9 Å². The van der Waals surface area contributed by atoms with Gasteiger partial charge in [-0.15, -0.1) is 0 Å². The third-order valence-electron chi connectivity index (χ3n) is 1.35. The predicted molar refractivity (Wildman–Crippen MR) is 47.8 cm³/mol. The molecule has 0 aliphatic heterocycles. The first-order valence-electron chi connectivity index (χ1n) is 3.16. The molecule has 62 valence electrons. The number of hydrogen-bond donors (Lipinski definition) is 0. The lowest BCUT2D eigenvalue weighted by atomic mass is 10.2. The van der Waals surface area contributed by atoms with Crippen LogP contribution >= 0.6 is 23.2 Å². The summed E-state index contributed by atoms with van der Waals surface area (Å²) in [5.74, 6) is 0. The molecule has 12 heavy (non-hydrogen) atoms. The maximum atomic E-state index is 8.53. The molecule has 1 aromatic rings. The van der Waals surface area contributed by atoms with Gasteiger partial charge >= 0.3 is 0 Å². The number of allylic oxidation sites excluding steroid dienone is 1. The summed E-state index contributed by atoms with van der Waals surface area (Å²) in [6.45, 7) is 1.62. The molecule has 0 saturated heterocycles. The van der Waals surface area contributed by atoms with Crippen LogP contribution in [0.1, 0.15) is 12.5 Å². The second-order valence-corrected chi connectivity index (χ2v) is 2.88.